The Balaban J connectivity index is 1.70. The first-order chi connectivity index (χ1) is 20.5. The van der Waals surface area contributed by atoms with Crippen LogP contribution in [0.15, 0.2) is 77.8 Å². The number of hydrogen-bond acceptors (Lipinski definition) is 7. The molecule has 3 aromatic rings. The number of carbonyl (C=O) groups is 2. The van der Waals surface area contributed by atoms with Crippen LogP contribution < -0.4 is 10.1 Å². The summed E-state index contributed by atoms with van der Waals surface area (Å²) in [4.78, 5) is 32.0. The van der Waals surface area contributed by atoms with Crippen LogP contribution in [-0.2, 0) is 25.6 Å². The van der Waals surface area contributed by atoms with Gasteiger partial charge in [-0.2, -0.15) is 0 Å². The summed E-state index contributed by atoms with van der Waals surface area (Å²) in [5.41, 5.74) is -0.0342. The maximum absolute atomic E-state index is 14.2. The number of amides is 1. The molecule has 0 fully saturated rings. The van der Waals surface area contributed by atoms with Crippen molar-refractivity contribution in [3.63, 3.8) is 0 Å². The third-order valence-corrected chi connectivity index (χ3v) is 7.44. The van der Waals surface area contributed by atoms with Crippen molar-refractivity contribution < 1.29 is 28.9 Å². The predicted octanol–water partition coefficient (Wildman–Crippen LogP) is 6.45. The van der Waals surface area contributed by atoms with Gasteiger partial charge in [0.2, 0.25) is 5.90 Å². The number of carbonyl (C=O) groups excluding carboxylic acids is 2. The van der Waals surface area contributed by atoms with Crippen molar-refractivity contribution in [3.05, 3.63) is 99.5 Å². The molecule has 0 spiro atoms. The minimum atomic E-state index is -1.49. The zero-order valence-corrected chi connectivity index (χ0v) is 26.0. The number of rotatable bonds is 12. The molecule has 8 nitrogen and oxygen atoms in total. The first-order valence-electron chi connectivity index (χ1n) is 14.1. The summed E-state index contributed by atoms with van der Waals surface area (Å²) in [5, 5.41) is 12.8. The fraction of sp³-hybridized carbons (Fsp3) is 0.364. The van der Waals surface area contributed by atoms with Gasteiger partial charge in [-0.15, -0.1) is 0 Å². The average molecular weight is 628 g/mol. The Kier molecular flexibility index (Phi) is 10.7. The number of aliphatic hydroxyl groups excluding tert-OH is 1. The third kappa shape index (κ3) is 8.50. The van der Waals surface area contributed by atoms with Crippen LogP contribution in [0.4, 0.5) is 0 Å². The van der Waals surface area contributed by atoms with Crippen molar-refractivity contribution in [3.8, 4) is 5.75 Å². The second-order valence-corrected chi connectivity index (χ2v) is 12.0. The Morgan fingerprint density at radius 3 is 2.40 bits per heavy atom. The number of nitrogens with one attached hydrogen (secondary N) is 1. The molecule has 43 heavy (non-hydrogen) atoms. The molecular formula is C33H36Cl2N2O6. The van der Waals surface area contributed by atoms with E-state index in [1.54, 1.807) is 63.2 Å². The molecule has 0 bridgehead atoms. The Morgan fingerprint density at radius 1 is 1.02 bits per heavy atom. The lowest BCUT2D eigenvalue weighted by Gasteiger charge is -2.31. The van der Waals surface area contributed by atoms with Crippen LogP contribution in [0.25, 0.3) is 0 Å². The van der Waals surface area contributed by atoms with E-state index in [9.17, 15) is 9.59 Å². The van der Waals surface area contributed by atoms with Gasteiger partial charge >= 0.3 is 5.97 Å². The van der Waals surface area contributed by atoms with Crippen LogP contribution in [0.3, 0.4) is 0 Å². The van der Waals surface area contributed by atoms with Crippen molar-refractivity contribution in [2.24, 2.45) is 4.99 Å². The minimum Gasteiger partial charge on any atom is -0.494 e. The number of halogens is 2. The molecule has 0 saturated carbocycles. The Morgan fingerprint density at radius 2 is 1.74 bits per heavy atom. The molecule has 0 unspecified atom stereocenters. The van der Waals surface area contributed by atoms with Crippen LogP contribution >= 0.6 is 23.2 Å². The van der Waals surface area contributed by atoms with Gasteiger partial charge in [-0.05, 0) is 74.7 Å². The van der Waals surface area contributed by atoms with Crippen molar-refractivity contribution in [2.75, 3.05) is 13.2 Å². The van der Waals surface area contributed by atoms with Crippen molar-refractivity contribution >= 4 is 41.0 Å². The largest absolute Gasteiger partial charge is 0.494 e. The molecule has 10 heteroatoms. The second kappa shape index (κ2) is 14.3. The van der Waals surface area contributed by atoms with Gasteiger partial charge in [-0.3, -0.25) is 9.59 Å². The number of benzene rings is 3. The fourth-order valence-corrected chi connectivity index (χ4v) is 4.99. The van der Waals surface area contributed by atoms with E-state index in [1.807, 2.05) is 30.3 Å². The summed E-state index contributed by atoms with van der Waals surface area (Å²) < 4.78 is 17.7. The molecule has 0 aromatic heterocycles. The molecule has 4 rings (SSSR count). The highest BCUT2D eigenvalue weighted by Gasteiger charge is 2.53. The minimum absolute atomic E-state index is 0.0422. The van der Waals surface area contributed by atoms with E-state index in [0.717, 1.165) is 11.1 Å². The van der Waals surface area contributed by atoms with Crippen molar-refractivity contribution in [2.45, 2.75) is 63.8 Å². The van der Waals surface area contributed by atoms with E-state index < -0.39 is 29.1 Å². The Bertz CT molecular complexity index is 1440. The number of nitrogens with zero attached hydrogens (tertiary/aromatic N) is 1. The summed E-state index contributed by atoms with van der Waals surface area (Å²) in [6.45, 7) is 5.98. The van der Waals surface area contributed by atoms with Crippen LogP contribution in [0.5, 0.6) is 5.75 Å². The van der Waals surface area contributed by atoms with Crippen LogP contribution in [0.1, 0.15) is 62.8 Å². The topological polar surface area (TPSA) is 106 Å². The highest BCUT2D eigenvalue weighted by atomic mass is 35.5. The van der Waals surface area contributed by atoms with E-state index in [2.05, 4.69) is 5.32 Å². The highest BCUT2D eigenvalue weighted by molar-refractivity contribution is 6.42. The van der Waals surface area contributed by atoms with Gasteiger partial charge in [0.25, 0.3) is 5.91 Å². The molecule has 1 aliphatic heterocycles. The molecular weight excluding hydrogens is 591 g/mol. The predicted molar refractivity (Wildman–Crippen MR) is 167 cm³/mol. The van der Waals surface area contributed by atoms with Crippen molar-refractivity contribution in [1.82, 2.24) is 5.32 Å². The summed E-state index contributed by atoms with van der Waals surface area (Å²) >= 11 is 12.3. The zero-order chi connectivity index (χ0) is 31.0. The Hall–Kier alpha value is -3.59. The molecule has 2 atom stereocenters. The van der Waals surface area contributed by atoms with E-state index in [1.165, 1.54) is 0 Å². The molecule has 1 heterocycles. The van der Waals surface area contributed by atoms with E-state index in [0.29, 0.717) is 34.4 Å². The summed E-state index contributed by atoms with van der Waals surface area (Å²) in [6, 6.07) is 21.6. The van der Waals surface area contributed by atoms with Gasteiger partial charge in [0.15, 0.2) is 11.6 Å². The maximum atomic E-state index is 14.2. The maximum Gasteiger partial charge on any atom is 0.306 e. The monoisotopic (exact) mass is 626 g/mol. The van der Waals surface area contributed by atoms with Crippen LogP contribution in [0, 0.1) is 0 Å². The lowest BCUT2D eigenvalue weighted by Crippen LogP contribution is -2.48. The van der Waals surface area contributed by atoms with Gasteiger partial charge in [-0.25, -0.2) is 4.99 Å². The molecule has 0 radical (unpaired) electrons. The molecule has 1 amide bonds. The van der Waals surface area contributed by atoms with E-state index in [-0.39, 0.29) is 31.9 Å². The molecule has 1 aliphatic rings. The standard InChI is InChI=1S/C33H36Cl2N2O6/c1-32(2,3)43-28(39)16-17-33(31(40)36-21-22-10-15-26(34)27(35)20-22)29(23-8-5-4-6-9-23)42-30(37-33)24-11-13-25(14-12-24)41-19-7-18-38/h4-6,8-15,20,29,38H,7,16-19,21H2,1-3H3,(H,36,40)/t29-,33-/m1/s1. The lowest BCUT2D eigenvalue weighted by molar-refractivity contribution is -0.155. The zero-order valence-electron chi connectivity index (χ0n) is 24.4. The Labute approximate surface area is 262 Å². The molecule has 0 aliphatic carbocycles. The van der Waals surface area contributed by atoms with Crippen LogP contribution in [-0.4, -0.2) is 47.2 Å². The number of ether oxygens (including phenoxy) is 3. The number of esters is 1. The first kappa shape index (κ1) is 32.3. The molecule has 3 aromatic carbocycles. The second-order valence-electron chi connectivity index (χ2n) is 11.2. The summed E-state index contributed by atoms with van der Waals surface area (Å²) in [6.07, 6.45) is -0.312. The number of hydrogen-bond donors (Lipinski definition) is 2. The summed E-state index contributed by atoms with van der Waals surface area (Å²) in [7, 11) is 0. The smallest absolute Gasteiger partial charge is 0.306 e. The molecule has 0 saturated heterocycles. The van der Waals surface area contributed by atoms with Crippen LogP contribution in [0.2, 0.25) is 10.0 Å². The third-order valence-electron chi connectivity index (χ3n) is 6.70. The summed E-state index contributed by atoms with van der Waals surface area (Å²) in [5.74, 6) is 0.0505. The van der Waals surface area contributed by atoms with Gasteiger partial charge in [-0.1, -0.05) is 59.6 Å². The quantitative estimate of drug-likeness (QED) is 0.177. The fourth-order valence-electron chi connectivity index (χ4n) is 4.67. The van der Waals surface area contributed by atoms with Gasteiger partial charge in [0.05, 0.1) is 16.7 Å². The molecule has 2 N–H and O–H groups in total. The average Bonchev–Trinajstić information content (AvgIpc) is 3.37. The van der Waals surface area contributed by atoms with Gasteiger partial charge in [0, 0.05) is 31.6 Å². The van der Waals surface area contributed by atoms with E-state index in [4.69, 9.17) is 47.5 Å². The van der Waals surface area contributed by atoms with Gasteiger partial charge < -0.3 is 24.6 Å². The van der Waals surface area contributed by atoms with Crippen molar-refractivity contribution in [1.29, 1.82) is 0 Å². The normalized spacial score (nSPS) is 18.0. The number of aliphatic imine (C=N–C) groups is 1. The lowest BCUT2D eigenvalue weighted by atomic mass is 9.83. The SMILES string of the molecule is CC(C)(C)OC(=O)CC[C@@]1(C(=O)NCc2ccc(Cl)c(Cl)c2)N=C(c2ccc(OCCCO)cc2)O[C@@H]1c1ccccc1. The van der Waals surface area contributed by atoms with E-state index >= 15 is 0 Å². The highest BCUT2D eigenvalue weighted by Crippen LogP contribution is 2.43. The van der Waals surface area contributed by atoms with Gasteiger partial charge in [0.1, 0.15) is 11.4 Å². The first-order valence-corrected chi connectivity index (χ1v) is 14.9. The number of aliphatic hydroxyl groups is 1. The molecule has 228 valence electrons.